The highest BCUT2D eigenvalue weighted by molar-refractivity contribution is 5.83. The molecular formula is C24H32N2O4. The summed E-state index contributed by atoms with van der Waals surface area (Å²) in [6.45, 7) is 2.83. The fourth-order valence-electron chi connectivity index (χ4n) is 2.75. The minimum Gasteiger partial charge on any atom is -0.497 e. The molecule has 6 heteroatoms. The largest absolute Gasteiger partial charge is 0.497 e. The number of carbonyl (C=O) groups is 1. The summed E-state index contributed by atoms with van der Waals surface area (Å²) in [6, 6.07) is 14.6. The smallest absolute Gasteiger partial charge is 0.277 e. The highest BCUT2D eigenvalue weighted by atomic mass is 16.5. The molecule has 2 aromatic rings. The molecule has 0 aliphatic rings. The molecule has 0 radical (unpaired) electrons. The van der Waals surface area contributed by atoms with Crippen molar-refractivity contribution >= 4 is 12.1 Å². The van der Waals surface area contributed by atoms with Crippen molar-refractivity contribution in [1.82, 2.24) is 5.43 Å². The quantitative estimate of drug-likeness (QED) is 0.270. The summed E-state index contributed by atoms with van der Waals surface area (Å²) in [4.78, 5) is 11.8. The number of methoxy groups -OCH3 is 1. The van der Waals surface area contributed by atoms with Crippen LogP contribution in [0.5, 0.6) is 17.2 Å². The van der Waals surface area contributed by atoms with Crippen molar-refractivity contribution in [3.63, 3.8) is 0 Å². The molecule has 2 rings (SSSR count). The lowest BCUT2D eigenvalue weighted by Crippen LogP contribution is -2.24. The van der Waals surface area contributed by atoms with Gasteiger partial charge in [0.25, 0.3) is 5.91 Å². The first kappa shape index (κ1) is 23.3. The summed E-state index contributed by atoms with van der Waals surface area (Å²) in [7, 11) is 1.61. The highest BCUT2D eigenvalue weighted by Gasteiger charge is 2.02. The van der Waals surface area contributed by atoms with Crippen molar-refractivity contribution in [3.8, 4) is 17.2 Å². The summed E-state index contributed by atoms with van der Waals surface area (Å²) in [5, 5.41) is 3.92. The van der Waals surface area contributed by atoms with Crippen LogP contribution in [0.3, 0.4) is 0 Å². The zero-order chi connectivity index (χ0) is 21.4. The van der Waals surface area contributed by atoms with Gasteiger partial charge in [0.2, 0.25) is 0 Å². The van der Waals surface area contributed by atoms with Crippen molar-refractivity contribution in [3.05, 3.63) is 54.1 Å². The molecule has 2 aromatic carbocycles. The fourth-order valence-corrected chi connectivity index (χ4v) is 2.75. The molecule has 0 bridgehead atoms. The summed E-state index contributed by atoms with van der Waals surface area (Å²) in [5.74, 6) is 1.85. The van der Waals surface area contributed by atoms with Gasteiger partial charge in [0.1, 0.15) is 17.2 Å². The molecule has 0 aliphatic carbocycles. The first-order chi connectivity index (χ1) is 14.7. The number of benzene rings is 2. The summed E-state index contributed by atoms with van der Waals surface area (Å²) in [6.07, 6.45) is 9.00. The van der Waals surface area contributed by atoms with E-state index < -0.39 is 0 Å². The van der Waals surface area contributed by atoms with Gasteiger partial charge in [0.05, 0.1) is 19.9 Å². The fraction of sp³-hybridized carbons (Fsp3) is 0.417. The second-order valence-electron chi connectivity index (χ2n) is 6.94. The van der Waals surface area contributed by atoms with Gasteiger partial charge in [0.15, 0.2) is 6.61 Å². The molecular weight excluding hydrogens is 380 g/mol. The normalized spacial score (nSPS) is 10.7. The maximum atomic E-state index is 11.8. The van der Waals surface area contributed by atoms with E-state index >= 15 is 0 Å². The van der Waals surface area contributed by atoms with Crippen LogP contribution in [0.15, 0.2) is 53.6 Å². The number of rotatable bonds is 14. The van der Waals surface area contributed by atoms with Gasteiger partial charge in [-0.25, -0.2) is 5.43 Å². The lowest BCUT2D eigenvalue weighted by atomic mass is 10.1. The lowest BCUT2D eigenvalue weighted by Gasteiger charge is -2.08. The molecule has 6 nitrogen and oxygen atoms in total. The van der Waals surface area contributed by atoms with Gasteiger partial charge in [-0.3, -0.25) is 4.79 Å². The van der Waals surface area contributed by atoms with Crippen molar-refractivity contribution in [2.75, 3.05) is 20.3 Å². The number of nitrogens with zero attached hydrogens (tertiary/aromatic N) is 1. The van der Waals surface area contributed by atoms with E-state index in [0.717, 1.165) is 30.1 Å². The number of ether oxygens (including phenoxy) is 3. The van der Waals surface area contributed by atoms with Crippen LogP contribution >= 0.6 is 0 Å². The molecule has 0 aromatic heterocycles. The second-order valence-corrected chi connectivity index (χ2v) is 6.94. The van der Waals surface area contributed by atoms with Gasteiger partial charge in [-0.15, -0.1) is 0 Å². The summed E-state index contributed by atoms with van der Waals surface area (Å²) >= 11 is 0. The number of nitrogens with one attached hydrogen (secondary N) is 1. The first-order valence-electron chi connectivity index (χ1n) is 10.5. The Morgan fingerprint density at radius 2 is 1.47 bits per heavy atom. The second kappa shape index (κ2) is 14.0. The minimum absolute atomic E-state index is 0.113. The monoisotopic (exact) mass is 412 g/mol. The van der Waals surface area contributed by atoms with Crippen LogP contribution in [0.2, 0.25) is 0 Å². The van der Waals surface area contributed by atoms with Crippen molar-refractivity contribution < 1.29 is 19.0 Å². The molecule has 0 saturated heterocycles. The molecule has 0 atom stereocenters. The van der Waals surface area contributed by atoms with Crippen LogP contribution in [0.1, 0.15) is 51.0 Å². The molecule has 0 fully saturated rings. The topological polar surface area (TPSA) is 69.2 Å². The van der Waals surface area contributed by atoms with Crippen LogP contribution in [0.4, 0.5) is 0 Å². The van der Waals surface area contributed by atoms with Crippen molar-refractivity contribution in [1.29, 1.82) is 0 Å². The lowest BCUT2D eigenvalue weighted by molar-refractivity contribution is -0.123. The number of hydrogen-bond donors (Lipinski definition) is 1. The predicted octanol–water partition coefficient (Wildman–Crippen LogP) is 4.96. The number of amides is 1. The van der Waals surface area contributed by atoms with Crippen LogP contribution in [0.25, 0.3) is 0 Å². The molecule has 0 saturated carbocycles. The molecule has 0 spiro atoms. The van der Waals surface area contributed by atoms with Gasteiger partial charge >= 0.3 is 0 Å². The first-order valence-corrected chi connectivity index (χ1v) is 10.5. The molecule has 0 heterocycles. The van der Waals surface area contributed by atoms with E-state index in [1.54, 1.807) is 25.5 Å². The summed E-state index contributed by atoms with van der Waals surface area (Å²) in [5.41, 5.74) is 3.30. The van der Waals surface area contributed by atoms with E-state index in [1.807, 2.05) is 36.4 Å². The third-order valence-corrected chi connectivity index (χ3v) is 4.48. The Morgan fingerprint density at radius 3 is 2.13 bits per heavy atom. The van der Waals surface area contributed by atoms with E-state index in [-0.39, 0.29) is 12.5 Å². The predicted molar refractivity (Wildman–Crippen MR) is 120 cm³/mol. The molecule has 1 N–H and O–H groups in total. The van der Waals surface area contributed by atoms with Crippen LogP contribution in [-0.2, 0) is 4.79 Å². The SMILES string of the molecule is CCCCCCCCOc1ccc(OCC(=O)N/N=C\c2ccc(OC)cc2)cc1. The Hall–Kier alpha value is -3.02. The number of hydrazone groups is 1. The Kier molecular flexibility index (Phi) is 10.9. The van der Waals surface area contributed by atoms with E-state index in [4.69, 9.17) is 14.2 Å². The number of unbranched alkanes of at least 4 members (excludes halogenated alkanes) is 5. The molecule has 162 valence electrons. The molecule has 1 amide bonds. The third kappa shape index (κ3) is 9.45. The van der Waals surface area contributed by atoms with E-state index in [1.165, 1.54) is 32.1 Å². The Bertz CT molecular complexity index is 758. The Morgan fingerprint density at radius 1 is 0.867 bits per heavy atom. The minimum atomic E-state index is -0.330. The van der Waals surface area contributed by atoms with Gasteiger partial charge in [-0.05, 0) is 60.5 Å². The van der Waals surface area contributed by atoms with Gasteiger partial charge in [-0.2, -0.15) is 5.10 Å². The van der Waals surface area contributed by atoms with Crippen LogP contribution < -0.4 is 19.6 Å². The number of carbonyl (C=O) groups excluding carboxylic acids is 1. The van der Waals surface area contributed by atoms with Crippen LogP contribution in [0, 0.1) is 0 Å². The molecule has 30 heavy (non-hydrogen) atoms. The van der Waals surface area contributed by atoms with Gasteiger partial charge in [0, 0.05) is 0 Å². The van der Waals surface area contributed by atoms with Gasteiger partial charge in [-0.1, -0.05) is 39.0 Å². The zero-order valence-electron chi connectivity index (χ0n) is 17.9. The summed E-state index contributed by atoms with van der Waals surface area (Å²) < 4.78 is 16.3. The van der Waals surface area contributed by atoms with E-state index in [0.29, 0.717) is 5.75 Å². The average molecular weight is 413 g/mol. The molecule has 0 aliphatic heterocycles. The van der Waals surface area contributed by atoms with Crippen molar-refractivity contribution in [2.45, 2.75) is 45.4 Å². The number of hydrogen-bond acceptors (Lipinski definition) is 5. The Balaban J connectivity index is 1.61. The average Bonchev–Trinajstić information content (AvgIpc) is 2.78. The molecule has 0 unspecified atom stereocenters. The van der Waals surface area contributed by atoms with E-state index in [9.17, 15) is 4.79 Å². The third-order valence-electron chi connectivity index (χ3n) is 4.48. The Labute approximate surface area is 179 Å². The van der Waals surface area contributed by atoms with Crippen molar-refractivity contribution in [2.24, 2.45) is 5.10 Å². The highest BCUT2D eigenvalue weighted by Crippen LogP contribution is 2.18. The van der Waals surface area contributed by atoms with Crippen LogP contribution in [-0.4, -0.2) is 32.4 Å². The van der Waals surface area contributed by atoms with E-state index in [2.05, 4.69) is 17.5 Å². The zero-order valence-corrected chi connectivity index (χ0v) is 17.9. The van der Waals surface area contributed by atoms with Gasteiger partial charge < -0.3 is 14.2 Å². The standard InChI is InChI=1S/C24H32N2O4/c1-3-4-5-6-7-8-17-29-22-13-15-23(16-14-22)30-19-24(27)26-25-18-20-9-11-21(28-2)12-10-20/h9-16,18H,3-8,17,19H2,1-2H3,(H,26,27)/b25-18-. The maximum absolute atomic E-state index is 11.8. The maximum Gasteiger partial charge on any atom is 0.277 e.